The van der Waals surface area contributed by atoms with Crippen molar-refractivity contribution in [2.75, 3.05) is 12.9 Å². The summed E-state index contributed by atoms with van der Waals surface area (Å²) in [6.07, 6.45) is 2.81. The predicted molar refractivity (Wildman–Crippen MR) is 54.0 cm³/mol. The molecule has 0 radical (unpaired) electrons. The summed E-state index contributed by atoms with van der Waals surface area (Å²) in [6, 6.07) is 5.03. The van der Waals surface area contributed by atoms with E-state index in [1.807, 2.05) is 19.2 Å². The van der Waals surface area contributed by atoms with Crippen LogP contribution in [0.15, 0.2) is 23.1 Å². The molecule has 0 spiro atoms. The van der Waals surface area contributed by atoms with Gasteiger partial charge in [-0.15, -0.1) is 11.8 Å². The van der Waals surface area contributed by atoms with E-state index in [9.17, 15) is 4.39 Å². The van der Waals surface area contributed by atoms with Crippen LogP contribution >= 0.6 is 11.8 Å². The molecule has 0 heterocycles. The first kappa shape index (κ1) is 10.4. The molecule has 0 bridgehead atoms. The van der Waals surface area contributed by atoms with Gasteiger partial charge in [-0.05, 0) is 30.9 Å². The maximum atomic E-state index is 13.2. The second kappa shape index (κ2) is 5.12. The Balaban J connectivity index is 2.73. The minimum absolute atomic E-state index is 0.277. The number of thioether (sulfide) groups is 1. The Bertz CT molecular complexity index is 276. The molecule has 1 rings (SSSR count). The van der Waals surface area contributed by atoms with E-state index in [-0.39, 0.29) is 5.82 Å². The Hall–Kier alpha value is -0.700. The highest BCUT2D eigenvalue weighted by atomic mass is 32.2. The summed E-state index contributed by atoms with van der Waals surface area (Å²) in [5, 5.41) is 0. The van der Waals surface area contributed by atoms with Gasteiger partial charge in [0.1, 0.15) is 0 Å². The normalized spacial score (nSPS) is 10.1. The van der Waals surface area contributed by atoms with Gasteiger partial charge in [-0.3, -0.25) is 0 Å². The van der Waals surface area contributed by atoms with Crippen LogP contribution in [-0.4, -0.2) is 12.9 Å². The van der Waals surface area contributed by atoms with E-state index in [1.165, 1.54) is 17.8 Å². The molecule has 0 aliphatic rings. The van der Waals surface area contributed by atoms with Crippen molar-refractivity contribution in [3.63, 3.8) is 0 Å². The van der Waals surface area contributed by atoms with Crippen molar-refractivity contribution in [2.45, 2.75) is 18.2 Å². The first-order valence-corrected chi connectivity index (χ1v) is 5.46. The molecule has 3 heteroatoms. The van der Waals surface area contributed by atoms with Gasteiger partial charge in [0.25, 0.3) is 0 Å². The van der Waals surface area contributed by atoms with Gasteiger partial charge in [0.15, 0.2) is 11.6 Å². The van der Waals surface area contributed by atoms with E-state index < -0.39 is 0 Å². The number of rotatable bonds is 4. The molecule has 0 amide bonds. The largest absolute Gasteiger partial charge is 0.491 e. The molecule has 1 aromatic carbocycles. The number of ether oxygens (including phenoxy) is 1. The van der Waals surface area contributed by atoms with Crippen molar-refractivity contribution < 1.29 is 9.13 Å². The zero-order valence-corrected chi connectivity index (χ0v) is 8.66. The lowest BCUT2D eigenvalue weighted by atomic mass is 10.3. The summed E-state index contributed by atoms with van der Waals surface area (Å²) in [7, 11) is 0. The summed E-state index contributed by atoms with van der Waals surface area (Å²) in [6.45, 7) is 2.56. The number of benzene rings is 1. The lowest BCUT2D eigenvalue weighted by Gasteiger charge is -2.06. The van der Waals surface area contributed by atoms with Gasteiger partial charge in [-0.1, -0.05) is 6.92 Å². The Kier molecular flexibility index (Phi) is 4.09. The molecule has 0 aliphatic carbocycles. The van der Waals surface area contributed by atoms with Crippen molar-refractivity contribution in [3.8, 4) is 5.75 Å². The van der Waals surface area contributed by atoms with E-state index in [2.05, 4.69) is 0 Å². The van der Waals surface area contributed by atoms with Crippen LogP contribution in [0.1, 0.15) is 13.3 Å². The van der Waals surface area contributed by atoms with Gasteiger partial charge in [0, 0.05) is 4.90 Å². The van der Waals surface area contributed by atoms with Gasteiger partial charge in [0.2, 0.25) is 0 Å². The second-order valence-electron chi connectivity index (χ2n) is 2.64. The Labute approximate surface area is 82.3 Å². The molecule has 0 aromatic heterocycles. The van der Waals surface area contributed by atoms with E-state index in [4.69, 9.17) is 4.74 Å². The third-order valence-corrected chi connectivity index (χ3v) is 2.33. The van der Waals surface area contributed by atoms with Crippen LogP contribution in [0.25, 0.3) is 0 Å². The molecular weight excluding hydrogens is 187 g/mol. The average molecular weight is 200 g/mol. The van der Waals surface area contributed by atoms with Crippen molar-refractivity contribution in [2.24, 2.45) is 0 Å². The number of hydrogen-bond acceptors (Lipinski definition) is 2. The van der Waals surface area contributed by atoms with Gasteiger partial charge >= 0.3 is 0 Å². The molecule has 0 unspecified atom stereocenters. The molecular formula is C10H13FOS. The minimum atomic E-state index is -0.277. The molecule has 1 aromatic rings. The van der Waals surface area contributed by atoms with Gasteiger partial charge in [0.05, 0.1) is 6.61 Å². The highest BCUT2D eigenvalue weighted by Gasteiger charge is 2.03. The fraction of sp³-hybridized carbons (Fsp3) is 0.400. The molecule has 0 atom stereocenters. The van der Waals surface area contributed by atoms with Crippen LogP contribution in [-0.2, 0) is 0 Å². The highest BCUT2D eigenvalue weighted by molar-refractivity contribution is 7.98. The molecule has 1 nitrogen and oxygen atoms in total. The lowest BCUT2D eigenvalue weighted by molar-refractivity contribution is 0.301. The predicted octanol–water partition coefficient (Wildman–Crippen LogP) is 3.34. The first-order valence-electron chi connectivity index (χ1n) is 4.24. The standard InChI is InChI=1S/C10H13FOS/c1-3-6-12-10-5-4-8(13-2)7-9(10)11/h4-5,7H,3,6H2,1-2H3. The zero-order chi connectivity index (χ0) is 9.68. The Morgan fingerprint density at radius 1 is 1.46 bits per heavy atom. The maximum absolute atomic E-state index is 13.2. The van der Waals surface area contributed by atoms with Gasteiger partial charge in [-0.25, -0.2) is 4.39 Å². The monoisotopic (exact) mass is 200 g/mol. The first-order chi connectivity index (χ1) is 6.27. The summed E-state index contributed by atoms with van der Waals surface area (Å²) in [5.41, 5.74) is 0. The zero-order valence-electron chi connectivity index (χ0n) is 7.84. The van der Waals surface area contributed by atoms with Crippen LogP contribution in [0.3, 0.4) is 0 Å². The SMILES string of the molecule is CCCOc1ccc(SC)cc1F. The molecule has 0 saturated carbocycles. The summed E-state index contributed by atoms with van der Waals surface area (Å²) >= 11 is 1.52. The van der Waals surface area contributed by atoms with Crippen LogP contribution in [0.2, 0.25) is 0 Å². The minimum Gasteiger partial charge on any atom is -0.491 e. The van der Waals surface area contributed by atoms with E-state index in [1.54, 1.807) is 6.07 Å². The summed E-state index contributed by atoms with van der Waals surface area (Å²) < 4.78 is 18.4. The van der Waals surface area contributed by atoms with E-state index >= 15 is 0 Å². The smallest absolute Gasteiger partial charge is 0.166 e. The maximum Gasteiger partial charge on any atom is 0.166 e. The van der Waals surface area contributed by atoms with Crippen LogP contribution < -0.4 is 4.74 Å². The molecule has 0 saturated heterocycles. The van der Waals surface area contributed by atoms with E-state index in [0.717, 1.165) is 11.3 Å². The van der Waals surface area contributed by atoms with Crippen molar-refractivity contribution >= 4 is 11.8 Å². The molecule has 0 aliphatic heterocycles. The fourth-order valence-electron chi connectivity index (χ4n) is 0.938. The van der Waals surface area contributed by atoms with Crippen molar-refractivity contribution in [1.29, 1.82) is 0 Å². The van der Waals surface area contributed by atoms with Crippen molar-refractivity contribution in [1.82, 2.24) is 0 Å². The molecule has 13 heavy (non-hydrogen) atoms. The number of hydrogen-bond donors (Lipinski definition) is 0. The molecule has 0 N–H and O–H groups in total. The molecule has 0 fully saturated rings. The van der Waals surface area contributed by atoms with Crippen LogP contribution in [0, 0.1) is 5.82 Å². The fourth-order valence-corrected chi connectivity index (χ4v) is 1.36. The lowest BCUT2D eigenvalue weighted by Crippen LogP contribution is -1.97. The highest BCUT2D eigenvalue weighted by Crippen LogP contribution is 2.23. The van der Waals surface area contributed by atoms with E-state index in [0.29, 0.717) is 12.4 Å². The second-order valence-corrected chi connectivity index (χ2v) is 3.52. The van der Waals surface area contributed by atoms with Crippen LogP contribution in [0.4, 0.5) is 4.39 Å². The number of halogens is 1. The van der Waals surface area contributed by atoms with Crippen molar-refractivity contribution in [3.05, 3.63) is 24.0 Å². The topological polar surface area (TPSA) is 9.23 Å². The average Bonchev–Trinajstić information content (AvgIpc) is 2.16. The summed E-state index contributed by atoms with van der Waals surface area (Å²) in [4.78, 5) is 0.918. The third-order valence-electron chi connectivity index (χ3n) is 1.60. The summed E-state index contributed by atoms with van der Waals surface area (Å²) in [5.74, 6) is 0.0694. The Morgan fingerprint density at radius 3 is 2.77 bits per heavy atom. The van der Waals surface area contributed by atoms with Gasteiger partial charge in [-0.2, -0.15) is 0 Å². The third kappa shape index (κ3) is 2.92. The Morgan fingerprint density at radius 2 is 2.23 bits per heavy atom. The van der Waals surface area contributed by atoms with Crippen LogP contribution in [0.5, 0.6) is 5.75 Å². The quantitative estimate of drug-likeness (QED) is 0.689. The van der Waals surface area contributed by atoms with Gasteiger partial charge < -0.3 is 4.74 Å². The molecule has 72 valence electrons.